The third kappa shape index (κ3) is 3.01. The van der Waals surface area contributed by atoms with Gasteiger partial charge in [-0.3, -0.25) is 0 Å². The summed E-state index contributed by atoms with van der Waals surface area (Å²) in [6.45, 7) is 0. The van der Waals surface area contributed by atoms with E-state index in [1.165, 1.54) is 20.3 Å². The zero-order chi connectivity index (χ0) is 14.3. The number of hydrogen-bond acceptors (Lipinski definition) is 5. The van der Waals surface area contributed by atoms with Crippen molar-refractivity contribution in [2.75, 3.05) is 20.5 Å². The molecule has 19 heavy (non-hydrogen) atoms. The molecule has 1 fully saturated rings. The third-order valence-electron chi connectivity index (χ3n) is 3.40. The molecule has 0 aliphatic heterocycles. The number of sulfone groups is 1. The first kappa shape index (κ1) is 14.1. The molecule has 0 spiro atoms. The van der Waals surface area contributed by atoms with Crippen LogP contribution in [0.15, 0.2) is 17.0 Å². The van der Waals surface area contributed by atoms with Crippen LogP contribution < -0.4 is 15.2 Å². The van der Waals surface area contributed by atoms with E-state index in [1.54, 1.807) is 6.07 Å². The Labute approximate surface area is 113 Å². The predicted octanol–water partition coefficient (Wildman–Crippen LogP) is 1.14. The Bertz CT molecular complexity index is 591. The summed E-state index contributed by atoms with van der Waals surface area (Å²) < 4.78 is 33.9. The molecule has 5 nitrogen and oxygen atoms in total. The van der Waals surface area contributed by atoms with Crippen molar-refractivity contribution in [1.29, 1.82) is 0 Å². The SMILES string of the molecule is COc1cc(S(C)(=O)=O)c(OC)cc1CC1(N)CC1. The number of benzene rings is 1. The minimum atomic E-state index is -3.36. The van der Waals surface area contributed by atoms with Crippen LogP contribution in [0.2, 0.25) is 0 Å². The number of ether oxygens (including phenoxy) is 2. The molecule has 0 heterocycles. The molecule has 1 aromatic rings. The number of nitrogens with two attached hydrogens (primary N) is 1. The molecule has 6 heteroatoms. The third-order valence-corrected chi connectivity index (χ3v) is 4.52. The van der Waals surface area contributed by atoms with E-state index < -0.39 is 9.84 Å². The Morgan fingerprint density at radius 2 is 1.79 bits per heavy atom. The molecule has 0 unspecified atom stereocenters. The van der Waals surface area contributed by atoms with Gasteiger partial charge in [-0.2, -0.15) is 0 Å². The lowest BCUT2D eigenvalue weighted by Crippen LogP contribution is -2.24. The molecule has 0 aromatic heterocycles. The van der Waals surface area contributed by atoms with Crippen LogP contribution in [0.1, 0.15) is 18.4 Å². The summed E-state index contributed by atoms with van der Waals surface area (Å²) in [5.74, 6) is 0.875. The van der Waals surface area contributed by atoms with Crippen molar-refractivity contribution in [3.05, 3.63) is 17.7 Å². The molecule has 1 aliphatic carbocycles. The van der Waals surface area contributed by atoms with E-state index in [-0.39, 0.29) is 10.4 Å². The molecule has 0 saturated heterocycles. The minimum absolute atomic E-state index is 0.137. The van der Waals surface area contributed by atoms with Gasteiger partial charge in [0.15, 0.2) is 9.84 Å². The van der Waals surface area contributed by atoms with E-state index in [4.69, 9.17) is 15.2 Å². The normalized spacial score (nSPS) is 17.1. The standard InChI is InChI=1S/C13H19NO4S/c1-17-10-7-12(19(3,15)16)11(18-2)6-9(10)8-13(14)4-5-13/h6-7H,4-5,8,14H2,1-3H3. The van der Waals surface area contributed by atoms with Crippen LogP contribution in [0, 0.1) is 0 Å². The molecule has 0 bridgehead atoms. The fourth-order valence-corrected chi connectivity index (χ4v) is 2.91. The number of methoxy groups -OCH3 is 2. The first-order chi connectivity index (χ1) is 8.79. The molecule has 1 aromatic carbocycles. The number of hydrogen-bond donors (Lipinski definition) is 1. The van der Waals surface area contributed by atoms with Crippen molar-refractivity contribution in [3.8, 4) is 11.5 Å². The lowest BCUT2D eigenvalue weighted by Gasteiger charge is -2.16. The van der Waals surface area contributed by atoms with Gasteiger partial charge in [0.25, 0.3) is 0 Å². The molecule has 2 rings (SSSR count). The largest absolute Gasteiger partial charge is 0.496 e. The van der Waals surface area contributed by atoms with E-state index in [1.807, 2.05) is 0 Å². The van der Waals surface area contributed by atoms with Gasteiger partial charge >= 0.3 is 0 Å². The van der Waals surface area contributed by atoms with E-state index in [9.17, 15) is 8.42 Å². The van der Waals surface area contributed by atoms with Crippen molar-refractivity contribution in [2.45, 2.75) is 29.7 Å². The second-order valence-electron chi connectivity index (χ2n) is 5.13. The van der Waals surface area contributed by atoms with E-state index in [0.29, 0.717) is 17.9 Å². The van der Waals surface area contributed by atoms with Crippen molar-refractivity contribution in [1.82, 2.24) is 0 Å². The second-order valence-corrected chi connectivity index (χ2v) is 7.11. The van der Waals surface area contributed by atoms with Crippen LogP contribution in [0.3, 0.4) is 0 Å². The Hall–Kier alpha value is -1.27. The number of rotatable bonds is 5. The van der Waals surface area contributed by atoms with Crippen molar-refractivity contribution in [3.63, 3.8) is 0 Å². The molecule has 0 radical (unpaired) electrons. The van der Waals surface area contributed by atoms with Crippen LogP contribution in [0.25, 0.3) is 0 Å². The van der Waals surface area contributed by atoms with Crippen LogP contribution in [0.5, 0.6) is 11.5 Å². The van der Waals surface area contributed by atoms with Crippen molar-refractivity contribution in [2.24, 2.45) is 5.73 Å². The molecular formula is C13H19NO4S. The maximum Gasteiger partial charge on any atom is 0.179 e. The summed E-state index contributed by atoms with van der Waals surface area (Å²) in [6.07, 6.45) is 3.77. The highest BCUT2D eigenvalue weighted by molar-refractivity contribution is 7.90. The Balaban J connectivity index is 2.50. The lowest BCUT2D eigenvalue weighted by molar-refractivity contribution is 0.387. The summed E-state index contributed by atoms with van der Waals surface area (Å²) in [5, 5.41) is 0. The quantitative estimate of drug-likeness (QED) is 0.877. The zero-order valence-corrected chi connectivity index (χ0v) is 12.2. The smallest absolute Gasteiger partial charge is 0.179 e. The molecule has 1 aliphatic rings. The maximum atomic E-state index is 11.7. The molecule has 2 N–H and O–H groups in total. The first-order valence-electron chi connectivity index (χ1n) is 6.03. The first-order valence-corrected chi connectivity index (χ1v) is 7.92. The average Bonchev–Trinajstić information content (AvgIpc) is 3.04. The molecule has 0 amide bonds. The van der Waals surface area contributed by atoms with Gasteiger partial charge in [-0.1, -0.05) is 0 Å². The van der Waals surface area contributed by atoms with Crippen molar-refractivity contribution >= 4 is 9.84 Å². The molecule has 0 atom stereocenters. The van der Waals surface area contributed by atoms with Gasteiger partial charge in [0.1, 0.15) is 16.4 Å². The fourth-order valence-electron chi connectivity index (χ4n) is 2.08. The van der Waals surface area contributed by atoms with E-state index in [2.05, 4.69) is 0 Å². The van der Waals surface area contributed by atoms with Crippen molar-refractivity contribution < 1.29 is 17.9 Å². The van der Waals surface area contributed by atoms with E-state index in [0.717, 1.165) is 24.7 Å². The predicted molar refractivity (Wildman–Crippen MR) is 72.5 cm³/mol. The van der Waals surface area contributed by atoms with Crippen LogP contribution in [-0.2, 0) is 16.3 Å². The molecular weight excluding hydrogens is 266 g/mol. The van der Waals surface area contributed by atoms with Gasteiger partial charge in [0.05, 0.1) is 14.2 Å². The zero-order valence-electron chi connectivity index (χ0n) is 11.4. The summed E-state index contributed by atoms with van der Waals surface area (Å²) in [6, 6.07) is 3.22. The fraction of sp³-hybridized carbons (Fsp3) is 0.538. The van der Waals surface area contributed by atoms with Gasteiger partial charge in [0.2, 0.25) is 0 Å². The molecule has 1 saturated carbocycles. The molecule has 106 valence electrons. The van der Waals surface area contributed by atoms with Gasteiger partial charge in [-0.15, -0.1) is 0 Å². The lowest BCUT2D eigenvalue weighted by atomic mass is 10.0. The maximum absolute atomic E-state index is 11.7. The van der Waals surface area contributed by atoms with Crippen LogP contribution >= 0.6 is 0 Å². The second kappa shape index (κ2) is 4.68. The Morgan fingerprint density at radius 1 is 1.21 bits per heavy atom. The average molecular weight is 285 g/mol. The van der Waals surface area contributed by atoms with Gasteiger partial charge in [-0.25, -0.2) is 8.42 Å². The summed E-state index contributed by atoms with van der Waals surface area (Å²) in [7, 11) is -0.384. The minimum Gasteiger partial charge on any atom is -0.496 e. The van der Waals surface area contributed by atoms with E-state index >= 15 is 0 Å². The van der Waals surface area contributed by atoms with Gasteiger partial charge in [-0.05, 0) is 30.9 Å². The summed E-state index contributed by atoms with van der Waals surface area (Å²) in [4.78, 5) is 0.137. The highest BCUT2D eigenvalue weighted by Crippen LogP contribution is 2.40. The highest BCUT2D eigenvalue weighted by Gasteiger charge is 2.39. The summed E-state index contributed by atoms with van der Waals surface area (Å²) >= 11 is 0. The monoisotopic (exact) mass is 285 g/mol. The Morgan fingerprint density at radius 3 is 2.21 bits per heavy atom. The van der Waals surface area contributed by atoms with Crippen LogP contribution in [0.4, 0.5) is 0 Å². The highest BCUT2D eigenvalue weighted by atomic mass is 32.2. The van der Waals surface area contributed by atoms with Gasteiger partial charge < -0.3 is 15.2 Å². The topological polar surface area (TPSA) is 78.6 Å². The van der Waals surface area contributed by atoms with Gasteiger partial charge in [0, 0.05) is 17.9 Å². The summed E-state index contributed by atoms with van der Waals surface area (Å²) in [5.41, 5.74) is 6.81. The van der Waals surface area contributed by atoms with Crippen LogP contribution in [-0.4, -0.2) is 34.4 Å². The Kier molecular flexibility index (Phi) is 3.49.